The lowest BCUT2D eigenvalue weighted by Gasteiger charge is -2.50. The smallest absolute Gasteiger partial charge is 0.251 e. The average molecular weight is 565 g/mol. The molecule has 1 aliphatic heterocycles. The Hall–Kier alpha value is -2.51. The third-order valence-corrected chi connectivity index (χ3v) is 5.29. The molecule has 2 atom stereocenters. The number of carbonyl (C=O) groups excluding carboxylic acids is 2. The molecule has 0 radical (unpaired) electrons. The molecule has 38 heavy (non-hydrogen) atoms. The molecule has 0 aromatic heterocycles. The zero-order valence-corrected chi connectivity index (χ0v) is 21.9. The largest absolute Gasteiger partial charge is 0.390 e. The van der Waals surface area contributed by atoms with Crippen LogP contribution in [0.25, 0.3) is 0 Å². The van der Waals surface area contributed by atoms with Crippen molar-refractivity contribution >= 4 is 23.9 Å². The highest BCUT2D eigenvalue weighted by atomic mass is 32.2. The van der Waals surface area contributed by atoms with Crippen molar-refractivity contribution in [2.75, 3.05) is 6.26 Å². The van der Waals surface area contributed by atoms with Crippen LogP contribution in [0.15, 0.2) is 60.7 Å². The minimum Gasteiger partial charge on any atom is -0.390 e. The first-order valence-electron chi connectivity index (χ1n) is 17.1. The van der Waals surface area contributed by atoms with Crippen molar-refractivity contribution in [1.29, 1.82) is 0 Å². The quantitative estimate of drug-likeness (QED) is 0.163. The molecule has 1 saturated heterocycles. The second kappa shape index (κ2) is 16.5. The summed E-state index contributed by atoms with van der Waals surface area (Å²) in [5.41, 5.74) is -2.05. The zero-order chi connectivity index (χ0) is 38.8. The highest BCUT2D eigenvalue weighted by molar-refractivity contribution is 7.93. The lowest BCUT2D eigenvalue weighted by atomic mass is 9.80. The van der Waals surface area contributed by atoms with E-state index in [-0.39, 0.29) is 13.2 Å². The van der Waals surface area contributed by atoms with Crippen molar-refractivity contribution in [2.45, 2.75) is 65.6 Å². The summed E-state index contributed by atoms with van der Waals surface area (Å²) in [7, 11) is 0. The SMILES string of the molecule is CSOOO.[2H]C([2H])([2H])C(O)([C@H](C)C(=O)NOCc1ccccc1)C([2H])([2H])[2H].[2H]C([2H])([2H])C1(C([2H])([2H])[2H])[C@H](C)C(=O)N1OCc1ccccc1. The Bertz CT molecular complexity index is 1320. The molecule has 3 rings (SSSR count). The minimum absolute atomic E-state index is 0.0132. The van der Waals surface area contributed by atoms with E-state index in [9.17, 15) is 14.7 Å². The fourth-order valence-electron chi connectivity index (χ4n) is 2.59. The van der Waals surface area contributed by atoms with Crippen LogP contribution in [0.5, 0.6) is 0 Å². The molecule has 11 heteroatoms. The number of hydrogen-bond acceptors (Lipinski definition) is 9. The predicted molar refractivity (Wildman–Crippen MR) is 144 cm³/mol. The summed E-state index contributed by atoms with van der Waals surface area (Å²) in [5, 5.41) is 21.2. The first kappa shape index (κ1) is 18.7. The van der Waals surface area contributed by atoms with Crippen LogP contribution in [0.4, 0.5) is 0 Å². The maximum Gasteiger partial charge on any atom is 0.251 e. The Morgan fingerprint density at radius 2 is 1.68 bits per heavy atom. The molecule has 0 bridgehead atoms. The van der Waals surface area contributed by atoms with Crippen molar-refractivity contribution in [2.24, 2.45) is 11.8 Å². The number of hydroxylamine groups is 3. The predicted octanol–water partition coefficient (Wildman–Crippen LogP) is 4.70. The standard InChI is InChI=1S/C13H19NO3.C13H17NO2.CH4O3S/c1-10(13(2,3)16)12(15)14-17-9-11-7-5-4-6-8-11;1-10-12(15)14(13(10,2)3)16-9-11-7-5-4-6-8-11;1-5-4-3-2/h4-8,10,16H,9H2,1-3H3,(H,14,15);4-8,10H,9H2,1-3H3;2H,1H3/t2*10-;/m11./s1/i2*2D3,3D3;. The van der Waals surface area contributed by atoms with E-state index >= 15 is 0 Å². The van der Waals surface area contributed by atoms with Crippen LogP contribution < -0.4 is 5.48 Å². The second-order valence-corrected chi connectivity index (χ2v) is 8.39. The van der Waals surface area contributed by atoms with E-state index in [1.807, 2.05) is 5.48 Å². The molecule has 1 fully saturated rings. The van der Waals surface area contributed by atoms with E-state index in [2.05, 4.69) is 9.37 Å². The lowest BCUT2D eigenvalue weighted by molar-refractivity contribution is -0.432. The monoisotopic (exact) mass is 564 g/mol. The number of carbonyl (C=O) groups is 2. The number of rotatable bonds is 10. The molecule has 1 heterocycles. The first-order valence-corrected chi connectivity index (χ1v) is 12.2. The van der Waals surface area contributed by atoms with Crippen molar-refractivity contribution in [3.05, 3.63) is 71.8 Å². The van der Waals surface area contributed by atoms with E-state index in [4.69, 9.17) is 31.4 Å². The number of hydrogen-bond donors (Lipinski definition) is 3. The maximum absolute atomic E-state index is 12.0. The Morgan fingerprint density at radius 3 is 2.13 bits per heavy atom. The van der Waals surface area contributed by atoms with E-state index < -0.39 is 62.2 Å². The van der Waals surface area contributed by atoms with Crippen LogP contribution in [0.1, 0.15) is 68.8 Å². The van der Waals surface area contributed by atoms with Crippen LogP contribution in [-0.2, 0) is 41.9 Å². The summed E-state index contributed by atoms with van der Waals surface area (Å²) in [6.07, 6.45) is 1.62. The molecule has 10 nitrogen and oxygen atoms in total. The van der Waals surface area contributed by atoms with Gasteiger partial charge in [0.2, 0.25) is 5.91 Å². The Labute approximate surface area is 246 Å². The summed E-state index contributed by atoms with van der Waals surface area (Å²) in [5.74, 6) is -4.57. The molecule has 3 N–H and O–H groups in total. The van der Waals surface area contributed by atoms with Gasteiger partial charge in [0.25, 0.3) is 5.91 Å². The van der Waals surface area contributed by atoms with Gasteiger partial charge in [-0.1, -0.05) is 79.5 Å². The molecule has 1 aliphatic rings. The lowest BCUT2D eigenvalue weighted by Crippen LogP contribution is -2.66. The van der Waals surface area contributed by atoms with Gasteiger partial charge in [-0.25, -0.2) is 15.8 Å². The minimum atomic E-state index is -3.27. The molecular formula is C27H40N2O8S. The van der Waals surface area contributed by atoms with Gasteiger partial charge in [-0.15, -0.1) is 4.33 Å². The third kappa shape index (κ3) is 11.1. The fourth-order valence-corrected chi connectivity index (χ4v) is 2.65. The molecule has 0 aliphatic carbocycles. The molecular weight excluding hydrogens is 512 g/mol. The van der Waals surface area contributed by atoms with E-state index in [0.717, 1.165) is 24.5 Å². The van der Waals surface area contributed by atoms with Gasteiger partial charge in [0.05, 0.1) is 29.6 Å². The highest BCUT2D eigenvalue weighted by Gasteiger charge is 2.52. The maximum atomic E-state index is 12.0. The normalized spacial score (nSPS) is 22.7. The van der Waals surface area contributed by atoms with Gasteiger partial charge in [0.1, 0.15) is 6.61 Å². The van der Waals surface area contributed by atoms with Gasteiger partial charge in [-0.3, -0.25) is 19.3 Å². The van der Waals surface area contributed by atoms with Crippen molar-refractivity contribution in [3.8, 4) is 0 Å². The van der Waals surface area contributed by atoms with Gasteiger partial charge >= 0.3 is 0 Å². The van der Waals surface area contributed by atoms with Gasteiger partial charge < -0.3 is 5.11 Å². The van der Waals surface area contributed by atoms with Crippen molar-refractivity contribution < 1.29 is 55.4 Å². The van der Waals surface area contributed by atoms with Crippen LogP contribution in [0, 0.1) is 11.8 Å². The molecule has 2 aromatic carbocycles. The number of amides is 2. The van der Waals surface area contributed by atoms with E-state index in [1.165, 1.54) is 6.92 Å². The fraction of sp³-hybridized carbons (Fsp3) is 0.481. The number of nitrogens with one attached hydrogen (secondary N) is 1. The molecule has 2 aromatic rings. The van der Waals surface area contributed by atoms with Gasteiger partial charge in [-0.2, -0.15) is 0 Å². The molecule has 2 amide bonds. The number of β-lactam (4-membered cyclic amide) rings is 1. The third-order valence-electron chi connectivity index (χ3n) is 5.09. The number of aliphatic hydroxyl groups is 1. The topological polar surface area (TPSA) is 127 Å². The van der Waals surface area contributed by atoms with E-state index in [0.29, 0.717) is 10.6 Å². The van der Waals surface area contributed by atoms with Gasteiger partial charge in [-0.05, 0) is 38.5 Å². The summed E-state index contributed by atoms with van der Waals surface area (Å²) in [4.78, 5) is 34.2. The Morgan fingerprint density at radius 1 is 1.13 bits per heavy atom. The van der Waals surface area contributed by atoms with Crippen molar-refractivity contribution in [1.82, 2.24) is 10.5 Å². The van der Waals surface area contributed by atoms with Gasteiger partial charge in [0, 0.05) is 34.7 Å². The number of benzene rings is 2. The molecule has 0 saturated carbocycles. The van der Waals surface area contributed by atoms with Gasteiger partial charge in [0.15, 0.2) is 0 Å². The Balaban J connectivity index is 0.000000441. The molecule has 212 valence electrons. The van der Waals surface area contributed by atoms with Crippen molar-refractivity contribution in [3.63, 3.8) is 0 Å². The number of nitrogens with zero attached hydrogens (tertiary/aromatic N) is 1. The summed E-state index contributed by atoms with van der Waals surface area (Å²) in [6, 6.07) is 17.6. The second-order valence-electron chi connectivity index (χ2n) is 7.92. The molecule has 0 spiro atoms. The van der Waals surface area contributed by atoms with E-state index in [1.54, 1.807) is 66.9 Å². The molecule has 0 unspecified atom stereocenters. The first-order chi connectivity index (χ1) is 22.9. The summed E-state index contributed by atoms with van der Waals surface area (Å²) >= 11 is 0.929. The zero-order valence-electron chi connectivity index (χ0n) is 33.0. The van der Waals surface area contributed by atoms with Crippen LogP contribution in [0.3, 0.4) is 0 Å². The van der Waals surface area contributed by atoms with Crippen LogP contribution >= 0.6 is 12.0 Å². The van der Waals surface area contributed by atoms with Crippen LogP contribution in [-0.4, -0.2) is 44.6 Å². The summed E-state index contributed by atoms with van der Waals surface area (Å²) in [6.45, 7) is -10.0. The average Bonchev–Trinajstić information content (AvgIpc) is 3.01. The highest BCUT2D eigenvalue weighted by Crippen LogP contribution is 2.37. The van der Waals surface area contributed by atoms with Crippen LogP contribution in [0.2, 0.25) is 0 Å². The Kier molecular flexibility index (Phi) is 8.10. The summed E-state index contributed by atoms with van der Waals surface area (Å²) < 4.78 is 93.2.